The quantitative estimate of drug-likeness (QED) is 0.141. The first-order valence-electron chi connectivity index (χ1n) is 16.7. The Bertz CT molecular complexity index is 1960. The summed E-state index contributed by atoms with van der Waals surface area (Å²) < 4.78 is 26.9. The lowest BCUT2D eigenvalue weighted by molar-refractivity contribution is -0.187. The van der Waals surface area contributed by atoms with Crippen LogP contribution in [-0.4, -0.2) is 18.2 Å². The molecule has 0 aromatic heterocycles. The summed E-state index contributed by atoms with van der Waals surface area (Å²) in [5.74, 6) is -0.237. The largest absolute Gasteiger partial charge is 0.488 e. The standard InChI is InChI=1S/C44H38O6/c1-47-43(42(45)46,35-22-9-4-10-23-35)41-29-34-21-11-14-26-38(34)50-44(41,36-24-12-15-27-39(36)48-30-32-17-5-2-6-18-32)37-25-13-16-28-40(37)49-31-33-19-7-3-8-20-33/h2-28,41H,29-31H2,1H3,(H,45,46). The first kappa shape index (κ1) is 32.7. The Labute approximate surface area is 292 Å². The Balaban J connectivity index is 1.51. The fraction of sp³-hybridized carbons (Fsp3) is 0.159. The fourth-order valence-corrected chi connectivity index (χ4v) is 7.22. The van der Waals surface area contributed by atoms with Gasteiger partial charge in [0.15, 0.2) is 11.2 Å². The molecular formula is C44H38O6. The van der Waals surface area contributed by atoms with Crippen molar-refractivity contribution in [1.29, 1.82) is 0 Å². The van der Waals surface area contributed by atoms with Crippen molar-refractivity contribution in [2.24, 2.45) is 5.92 Å². The van der Waals surface area contributed by atoms with Crippen LogP contribution in [0.3, 0.4) is 0 Å². The van der Waals surface area contributed by atoms with Crippen molar-refractivity contribution in [3.8, 4) is 17.2 Å². The van der Waals surface area contributed by atoms with Crippen molar-refractivity contribution in [3.05, 3.63) is 197 Å². The maximum atomic E-state index is 14.0. The summed E-state index contributed by atoms with van der Waals surface area (Å²) in [6.07, 6.45) is 0.311. The summed E-state index contributed by atoms with van der Waals surface area (Å²) in [6.45, 7) is 0.600. The molecule has 0 saturated carbocycles. The second kappa shape index (κ2) is 14.3. The highest BCUT2D eigenvalue weighted by Crippen LogP contribution is 2.58. The molecule has 0 radical (unpaired) electrons. The smallest absolute Gasteiger partial charge is 0.341 e. The van der Waals surface area contributed by atoms with Crippen molar-refractivity contribution in [2.45, 2.75) is 30.8 Å². The van der Waals surface area contributed by atoms with Gasteiger partial charge in [-0.1, -0.05) is 146 Å². The van der Waals surface area contributed by atoms with Crippen molar-refractivity contribution < 1.29 is 28.8 Å². The number of rotatable bonds is 12. The van der Waals surface area contributed by atoms with E-state index < -0.39 is 23.1 Å². The second-order valence-corrected chi connectivity index (χ2v) is 12.4. The normalized spacial score (nSPS) is 15.9. The Kier molecular flexibility index (Phi) is 9.37. The second-order valence-electron chi connectivity index (χ2n) is 12.4. The van der Waals surface area contributed by atoms with Crippen molar-refractivity contribution in [2.75, 3.05) is 7.11 Å². The highest BCUT2D eigenvalue weighted by Gasteiger charge is 2.63. The number of carboxylic acids is 1. The van der Waals surface area contributed by atoms with Crippen LogP contribution in [0.1, 0.15) is 33.4 Å². The van der Waals surface area contributed by atoms with E-state index in [1.54, 1.807) is 12.1 Å². The van der Waals surface area contributed by atoms with Gasteiger partial charge in [0.25, 0.3) is 0 Å². The molecule has 7 rings (SSSR count). The first-order valence-corrected chi connectivity index (χ1v) is 16.7. The van der Waals surface area contributed by atoms with E-state index in [9.17, 15) is 9.90 Å². The fourth-order valence-electron chi connectivity index (χ4n) is 7.22. The molecule has 6 nitrogen and oxygen atoms in total. The van der Waals surface area contributed by atoms with Crippen LogP contribution in [0.25, 0.3) is 0 Å². The van der Waals surface area contributed by atoms with Crippen LogP contribution >= 0.6 is 0 Å². The molecular weight excluding hydrogens is 624 g/mol. The summed E-state index contributed by atoms with van der Waals surface area (Å²) in [5, 5.41) is 11.4. The number of ether oxygens (including phenoxy) is 4. The van der Waals surface area contributed by atoms with Gasteiger partial charge in [0, 0.05) is 18.2 Å². The lowest BCUT2D eigenvalue weighted by Crippen LogP contribution is -2.59. The molecule has 0 saturated heterocycles. The molecule has 1 aliphatic rings. The van der Waals surface area contributed by atoms with Gasteiger partial charge in [-0.2, -0.15) is 0 Å². The highest BCUT2D eigenvalue weighted by atomic mass is 16.5. The minimum atomic E-state index is -1.87. The topological polar surface area (TPSA) is 74.2 Å². The molecule has 250 valence electrons. The van der Waals surface area contributed by atoms with Crippen LogP contribution < -0.4 is 14.2 Å². The molecule has 0 bridgehead atoms. The number of methoxy groups -OCH3 is 1. The highest BCUT2D eigenvalue weighted by molar-refractivity contribution is 5.81. The van der Waals surface area contributed by atoms with Crippen molar-refractivity contribution >= 4 is 5.97 Å². The maximum Gasteiger partial charge on any atom is 0.341 e. The number of hydrogen-bond donors (Lipinski definition) is 1. The number of aliphatic carboxylic acids is 1. The van der Waals surface area contributed by atoms with E-state index in [-0.39, 0.29) is 0 Å². The summed E-state index contributed by atoms with van der Waals surface area (Å²) >= 11 is 0. The van der Waals surface area contributed by atoms with E-state index in [0.717, 1.165) is 16.7 Å². The van der Waals surface area contributed by atoms with Gasteiger partial charge in [0.1, 0.15) is 30.5 Å². The predicted octanol–water partition coefficient (Wildman–Crippen LogP) is 8.97. The molecule has 0 aliphatic carbocycles. The van der Waals surface area contributed by atoms with E-state index in [1.165, 1.54) is 7.11 Å². The van der Waals surface area contributed by atoms with Crippen LogP contribution in [0, 0.1) is 5.92 Å². The van der Waals surface area contributed by atoms with Crippen LogP contribution in [0.2, 0.25) is 0 Å². The number of para-hydroxylation sites is 3. The number of fused-ring (bicyclic) bond motifs is 1. The van der Waals surface area contributed by atoms with Crippen LogP contribution in [0.15, 0.2) is 164 Å². The SMILES string of the molecule is COC(C(=O)O)(c1ccccc1)C1Cc2ccccc2OC1(c1ccccc1OCc1ccccc1)c1ccccc1OCc1ccccc1. The van der Waals surface area contributed by atoms with Gasteiger partial charge in [0.2, 0.25) is 0 Å². The molecule has 50 heavy (non-hydrogen) atoms. The van der Waals surface area contributed by atoms with Crippen molar-refractivity contribution in [3.63, 3.8) is 0 Å². The zero-order chi connectivity index (χ0) is 34.4. The Morgan fingerprint density at radius 1 is 0.660 bits per heavy atom. The van der Waals surface area contributed by atoms with Gasteiger partial charge in [-0.15, -0.1) is 0 Å². The summed E-state index contributed by atoms with van der Waals surface area (Å²) in [5.41, 5.74) is 1.32. The molecule has 2 unspecified atom stereocenters. The Morgan fingerprint density at radius 3 is 1.64 bits per heavy atom. The molecule has 1 N–H and O–H groups in total. The molecule has 0 amide bonds. The van der Waals surface area contributed by atoms with E-state index in [0.29, 0.717) is 53.6 Å². The minimum Gasteiger partial charge on any atom is -0.488 e. The molecule has 0 spiro atoms. The van der Waals surface area contributed by atoms with Gasteiger partial charge in [-0.25, -0.2) is 4.79 Å². The van der Waals surface area contributed by atoms with E-state index in [4.69, 9.17) is 18.9 Å². The first-order chi connectivity index (χ1) is 24.6. The van der Waals surface area contributed by atoms with Gasteiger partial charge in [0.05, 0.1) is 5.92 Å². The van der Waals surface area contributed by atoms with Gasteiger partial charge in [-0.3, -0.25) is 0 Å². The molecule has 1 aliphatic heterocycles. The summed E-state index contributed by atoms with van der Waals surface area (Å²) in [6, 6.07) is 52.2. The molecule has 2 atom stereocenters. The van der Waals surface area contributed by atoms with Gasteiger partial charge < -0.3 is 24.1 Å². The maximum absolute atomic E-state index is 14.0. The number of benzene rings is 6. The van der Waals surface area contributed by atoms with E-state index >= 15 is 0 Å². The Hall–Kier alpha value is -5.85. The predicted molar refractivity (Wildman–Crippen MR) is 192 cm³/mol. The number of hydrogen-bond acceptors (Lipinski definition) is 5. The zero-order valence-corrected chi connectivity index (χ0v) is 27.8. The molecule has 1 heterocycles. The summed E-state index contributed by atoms with van der Waals surface area (Å²) in [4.78, 5) is 14.0. The lowest BCUT2D eigenvalue weighted by Gasteiger charge is -2.51. The van der Waals surface area contributed by atoms with Crippen molar-refractivity contribution in [1.82, 2.24) is 0 Å². The molecule has 6 aromatic carbocycles. The molecule has 6 aromatic rings. The average Bonchev–Trinajstić information content (AvgIpc) is 3.18. The third-order valence-corrected chi connectivity index (χ3v) is 9.54. The third-order valence-electron chi connectivity index (χ3n) is 9.54. The van der Waals surface area contributed by atoms with Gasteiger partial charge in [-0.05, 0) is 46.9 Å². The van der Waals surface area contributed by atoms with Crippen LogP contribution in [-0.2, 0) is 40.4 Å². The lowest BCUT2D eigenvalue weighted by atomic mass is 9.62. The Morgan fingerprint density at radius 2 is 1.12 bits per heavy atom. The molecule has 6 heteroatoms. The minimum absolute atomic E-state index is 0.300. The molecule has 0 fully saturated rings. The monoisotopic (exact) mass is 662 g/mol. The van der Waals surface area contributed by atoms with Crippen LogP contribution in [0.4, 0.5) is 0 Å². The number of carboxylic acid groups (broad SMARTS) is 1. The third kappa shape index (κ3) is 5.99. The van der Waals surface area contributed by atoms with Crippen LogP contribution in [0.5, 0.6) is 17.2 Å². The van der Waals surface area contributed by atoms with E-state index in [1.807, 2.05) is 152 Å². The van der Waals surface area contributed by atoms with Gasteiger partial charge >= 0.3 is 5.97 Å². The zero-order valence-electron chi connectivity index (χ0n) is 27.8. The average molecular weight is 663 g/mol. The van der Waals surface area contributed by atoms with E-state index in [2.05, 4.69) is 0 Å². The number of carbonyl (C=O) groups is 1. The summed E-state index contributed by atoms with van der Waals surface area (Å²) in [7, 11) is 1.46.